The third kappa shape index (κ3) is 3.24. The number of hydrogen-bond donors (Lipinski definition) is 0. The SMILES string of the molecule is CSc1cc(-c2ccccc2)s[n+]1-c1ccccc1.[I-]. The van der Waals surface area contributed by atoms with Gasteiger partial charge in [0.25, 0.3) is 5.03 Å². The molecule has 2 aromatic carbocycles. The summed E-state index contributed by atoms with van der Waals surface area (Å²) in [4.78, 5) is 1.30. The maximum Gasteiger partial charge on any atom is 0.261 e. The normalized spacial score (nSPS) is 10.1. The summed E-state index contributed by atoms with van der Waals surface area (Å²) in [5.41, 5.74) is 2.50. The first-order chi connectivity index (χ1) is 9.38. The van der Waals surface area contributed by atoms with E-state index in [-0.39, 0.29) is 24.0 Å². The van der Waals surface area contributed by atoms with Crippen LogP contribution in [0.4, 0.5) is 0 Å². The Morgan fingerprint density at radius 1 is 0.900 bits per heavy atom. The van der Waals surface area contributed by atoms with Crippen molar-refractivity contribution in [3.8, 4) is 16.1 Å². The van der Waals surface area contributed by atoms with E-state index in [2.05, 4.69) is 76.9 Å². The fourth-order valence-electron chi connectivity index (χ4n) is 1.96. The van der Waals surface area contributed by atoms with E-state index in [0.29, 0.717) is 0 Å². The van der Waals surface area contributed by atoms with E-state index in [0.717, 1.165) is 0 Å². The van der Waals surface area contributed by atoms with Crippen LogP contribution in [-0.2, 0) is 0 Å². The molecule has 0 aliphatic rings. The van der Waals surface area contributed by atoms with Crippen LogP contribution in [0, 0.1) is 0 Å². The molecule has 0 unspecified atom stereocenters. The lowest BCUT2D eigenvalue weighted by Gasteiger charge is -1.92. The van der Waals surface area contributed by atoms with Gasteiger partial charge in [-0.2, -0.15) is 0 Å². The molecule has 0 aliphatic heterocycles. The highest BCUT2D eigenvalue weighted by Crippen LogP contribution is 2.28. The van der Waals surface area contributed by atoms with Gasteiger partial charge in [0.05, 0.1) is 0 Å². The van der Waals surface area contributed by atoms with Crippen LogP contribution in [0.5, 0.6) is 0 Å². The van der Waals surface area contributed by atoms with Gasteiger partial charge in [0.1, 0.15) is 16.4 Å². The highest BCUT2D eigenvalue weighted by molar-refractivity contribution is 7.98. The number of benzene rings is 2. The molecule has 0 N–H and O–H groups in total. The third-order valence-electron chi connectivity index (χ3n) is 2.90. The summed E-state index contributed by atoms with van der Waals surface area (Å²) < 4.78 is 2.28. The molecule has 1 aromatic heterocycles. The second kappa shape index (κ2) is 7.24. The van der Waals surface area contributed by atoms with Gasteiger partial charge in [-0.15, -0.1) is 0 Å². The Hall–Kier alpha value is -0.850. The van der Waals surface area contributed by atoms with E-state index in [1.54, 1.807) is 23.3 Å². The minimum Gasteiger partial charge on any atom is -1.00 e. The fraction of sp³-hybridized carbons (Fsp3) is 0.0625. The number of hydrogen-bond acceptors (Lipinski definition) is 2. The topological polar surface area (TPSA) is 3.88 Å². The van der Waals surface area contributed by atoms with Crippen molar-refractivity contribution in [2.24, 2.45) is 0 Å². The van der Waals surface area contributed by atoms with Crippen LogP contribution in [-0.4, -0.2) is 6.26 Å². The molecule has 0 fully saturated rings. The van der Waals surface area contributed by atoms with Crippen LogP contribution >= 0.6 is 23.3 Å². The molecule has 3 aromatic rings. The van der Waals surface area contributed by atoms with E-state index >= 15 is 0 Å². The Bertz CT molecular complexity index is 665. The Balaban J connectivity index is 0.00000147. The zero-order valence-electron chi connectivity index (χ0n) is 11.0. The lowest BCUT2D eigenvalue weighted by molar-refractivity contribution is -0.562. The zero-order valence-corrected chi connectivity index (χ0v) is 14.8. The number of thioether (sulfide) groups is 1. The van der Waals surface area contributed by atoms with E-state index in [1.807, 2.05) is 0 Å². The van der Waals surface area contributed by atoms with Gasteiger partial charge in [0.15, 0.2) is 0 Å². The summed E-state index contributed by atoms with van der Waals surface area (Å²) in [6.07, 6.45) is 2.12. The predicted octanol–water partition coefficient (Wildman–Crippen LogP) is 1.42. The van der Waals surface area contributed by atoms with Gasteiger partial charge in [-0.05, 0) is 11.8 Å². The summed E-state index contributed by atoms with van der Waals surface area (Å²) in [6, 6.07) is 23.3. The zero-order chi connectivity index (χ0) is 13.1. The summed E-state index contributed by atoms with van der Waals surface area (Å²) in [6.45, 7) is 0. The molecule has 20 heavy (non-hydrogen) atoms. The highest BCUT2D eigenvalue weighted by Gasteiger charge is 2.20. The van der Waals surface area contributed by atoms with Crippen LogP contribution < -0.4 is 27.9 Å². The van der Waals surface area contributed by atoms with E-state index in [9.17, 15) is 0 Å². The Kier molecular flexibility index (Phi) is 5.63. The number of halogens is 1. The monoisotopic (exact) mass is 411 g/mol. The molecule has 102 valence electrons. The van der Waals surface area contributed by atoms with Gasteiger partial charge in [-0.3, -0.25) is 0 Å². The molecular weight excluding hydrogens is 397 g/mol. The highest BCUT2D eigenvalue weighted by atomic mass is 127. The van der Waals surface area contributed by atoms with Crippen molar-refractivity contribution in [2.45, 2.75) is 5.03 Å². The molecular formula is C16H14INS2. The average molecular weight is 411 g/mol. The fourth-order valence-corrected chi connectivity index (χ4v) is 3.85. The molecule has 4 heteroatoms. The average Bonchev–Trinajstić information content (AvgIpc) is 2.93. The summed E-state index contributed by atoms with van der Waals surface area (Å²) in [7, 11) is 0. The van der Waals surface area contributed by atoms with Crippen molar-refractivity contribution in [3.05, 3.63) is 66.7 Å². The predicted molar refractivity (Wildman–Crippen MR) is 83.1 cm³/mol. The summed E-state index contributed by atoms with van der Waals surface area (Å²) in [5.74, 6) is 0. The van der Waals surface area contributed by atoms with Crippen molar-refractivity contribution >= 4 is 23.3 Å². The molecule has 0 spiro atoms. The molecule has 1 heterocycles. The van der Waals surface area contributed by atoms with Gasteiger partial charge in [-0.1, -0.05) is 64.2 Å². The van der Waals surface area contributed by atoms with Crippen LogP contribution in [0.15, 0.2) is 71.8 Å². The molecule has 1 nitrogen and oxygen atoms in total. The maximum atomic E-state index is 2.28. The quantitative estimate of drug-likeness (QED) is 0.358. The molecule has 0 saturated heterocycles. The number of nitrogens with zero attached hydrogens (tertiary/aromatic N) is 1. The van der Waals surface area contributed by atoms with Gasteiger partial charge >= 0.3 is 0 Å². The number of para-hydroxylation sites is 1. The van der Waals surface area contributed by atoms with Crippen molar-refractivity contribution in [1.82, 2.24) is 0 Å². The van der Waals surface area contributed by atoms with Gasteiger partial charge < -0.3 is 24.0 Å². The molecule has 0 bridgehead atoms. The molecule has 0 radical (unpaired) electrons. The Morgan fingerprint density at radius 3 is 2.10 bits per heavy atom. The van der Waals surface area contributed by atoms with E-state index < -0.39 is 0 Å². The summed E-state index contributed by atoms with van der Waals surface area (Å²) >= 11 is 3.57. The van der Waals surface area contributed by atoms with Crippen LogP contribution in [0.1, 0.15) is 0 Å². The first-order valence-electron chi connectivity index (χ1n) is 6.10. The van der Waals surface area contributed by atoms with Crippen molar-refractivity contribution in [2.75, 3.05) is 6.26 Å². The Morgan fingerprint density at radius 2 is 1.50 bits per heavy atom. The van der Waals surface area contributed by atoms with E-state index in [4.69, 9.17) is 0 Å². The lowest BCUT2D eigenvalue weighted by Crippen LogP contribution is -3.00. The molecule has 3 rings (SSSR count). The smallest absolute Gasteiger partial charge is 0.261 e. The maximum absolute atomic E-state index is 2.28. The largest absolute Gasteiger partial charge is 1.00 e. The molecule has 0 atom stereocenters. The van der Waals surface area contributed by atoms with Crippen molar-refractivity contribution in [3.63, 3.8) is 0 Å². The van der Waals surface area contributed by atoms with Gasteiger partial charge in [0.2, 0.25) is 5.69 Å². The van der Waals surface area contributed by atoms with Gasteiger partial charge in [-0.25, -0.2) is 0 Å². The standard InChI is InChI=1S/C16H14NS2.HI/c1-18-16-12-15(13-8-4-2-5-9-13)19-17(16)14-10-6-3-7-11-14;/h2-12H,1H3;1H/q+1;/p-1. The minimum absolute atomic E-state index is 0. The second-order valence-electron chi connectivity index (χ2n) is 4.14. The number of aromatic nitrogens is 1. The third-order valence-corrected chi connectivity index (χ3v) is 4.88. The second-order valence-corrected chi connectivity index (χ2v) is 5.95. The van der Waals surface area contributed by atoms with Crippen LogP contribution in [0.2, 0.25) is 0 Å². The first-order valence-corrected chi connectivity index (χ1v) is 8.09. The Labute approximate surface area is 144 Å². The summed E-state index contributed by atoms with van der Waals surface area (Å²) in [5, 5.41) is 1.27. The van der Waals surface area contributed by atoms with Gasteiger partial charge in [0, 0.05) is 18.2 Å². The molecule has 0 aliphatic carbocycles. The van der Waals surface area contributed by atoms with Crippen molar-refractivity contribution < 1.29 is 27.9 Å². The van der Waals surface area contributed by atoms with Crippen LogP contribution in [0.3, 0.4) is 0 Å². The number of rotatable bonds is 3. The molecule has 0 amide bonds. The van der Waals surface area contributed by atoms with Crippen molar-refractivity contribution in [1.29, 1.82) is 0 Å². The minimum atomic E-state index is 0. The first kappa shape index (κ1) is 15.5. The van der Waals surface area contributed by atoms with Crippen LogP contribution in [0.25, 0.3) is 16.1 Å². The molecule has 0 saturated carbocycles. The lowest BCUT2D eigenvalue weighted by atomic mass is 10.2. The van der Waals surface area contributed by atoms with E-state index in [1.165, 1.54) is 21.2 Å².